The number of nitrogens with zero attached hydrogens (tertiary/aromatic N) is 1. The van der Waals surface area contributed by atoms with Crippen molar-refractivity contribution in [3.05, 3.63) is 0 Å². The Morgan fingerprint density at radius 1 is 1.67 bits per heavy atom. The monoisotopic (exact) mass is 173 g/mol. The number of hydrogen-bond acceptors (Lipinski definition) is 4. The van der Waals surface area contributed by atoms with Crippen molar-refractivity contribution in [3.8, 4) is 0 Å². The van der Waals surface area contributed by atoms with Crippen LogP contribution in [0.4, 0.5) is 4.79 Å². The van der Waals surface area contributed by atoms with Gasteiger partial charge in [-0.3, -0.25) is 9.69 Å². The van der Waals surface area contributed by atoms with Crippen LogP contribution in [0.5, 0.6) is 0 Å². The van der Waals surface area contributed by atoms with Crippen molar-refractivity contribution in [1.29, 1.82) is 0 Å². The predicted octanol–water partition coefficient (Wildman–Crippen LogP) is -2.14. The minimum atomic E-state index is -0.835. The average Bonchev–Trinajstić information content (AvgIpc) is 2.35. The number of amides is 3. The SMILES string of the molecule is NC[C@@H](O)CN1C(=O)CNC1=O. The molecule has 6 heteroatoms. The molecule has 1 aliphatic rings. The molecule has 0 aromatic rings. The van der Waals surface area contributed by atoms with E-state index in [-0.39, 0.29) is 25.5 Å². The van der Waals surface area contributed by atoms with Crippen LogP contribution in [0.15, 0.2) is 0 Å². The van der Waals surface area contributed by atoms with Gasteiger partial charge >= 0.3 is 6.03 Å². The van der Waals surface area contributed by atoms with E-state index in [4.69, 9.17) is 10.8 Å². The van der Waals surface area contributed by atoms with E-state index in [1.807, 2.05) is 0 Å². The number of aliphatic hydroxyl groups excluding tert-OH is 1. The van der Waals surface area contributed by atoms with Crippen molar-refractivity contribution < 1.29 is 14.7 Å². The van der Waals surface area contributed by atoms with Crippen LogP contribution in [0.25, 0.3) is 0 Å². The maximum atomic E-state index is 10.9. The van der Waals surface area contributed by atoms with Crippen molar-refractivity contribution in [2.45, 2.75) is 6.10 Å². The molecule has 0 unspecified atom stereocenters. The largest absolute Gasteiger partial charge is 0.390 e. The van der Waals surface area contributed by atoms with Crippen LogP contribution in [-0.4, -0.2) is 47.7 Å². The first-order valence-electron chi connectivity index (χ1n) is 3.61. The number of aliphatic hydroxyl groups is 1. The van der Waals surface area contributed by atoms with E-state index >= 15 is 0 Å². The fourth-order valence-corrected chi connectivity index (χ4v) is 0.925. The van der Waals surface area contributed by atoms with Crippen molar-refractivity contribution in [1.82, 2.24) is 10.2 Å². The number of imide groups is 1. The fourth-order valence-electron chi connectivity index (χ4n) is 0.925. The Balaban J connectivity index is 2.50. The zero-order valence-corrected chi connectivity index (χ0v) is 6.49. The van der Waals surface area contributed by atoms with Crippen LogP contribution < -0.4 is 11.1 Å². The van der Waals surface area contributed by atoms with E-state index < -0.39 is 12.1 Å². The Kier molecular flexibility index (Phi) is 2.61. The van der Waals surface area contributed by atoms with Gasteiger partial charge in [-0.25, -0.2) is 4.79 Å². The van der Waals surface area contributed by atoms with Crippen LogP contribution in [0.1, 0.15) is 0 Å². The molecule has 3 amide bonds. The molecule has 0 bridgehead atoms. The minimum Gasteiger partial charge on any atom is -0.390 e. The second-order valence-electron chi connectivity index (χ2n) is 2.55. The quantitative estimate of drug-likeness (QED) is 0.424. The average molecular weight is 173 g/mol. The predicted molar refractivity (Wildman–Crippen MR) is 40.2 cm³/mol. The molecule has 6 nitrogen and oxygen atoms in total. The molecule has 1 atom stereocenters. The van der Waals surface area contributed by atoms with Crippen molar-refractivity contribution in [3.63, 3.8) is 0 Å². The summed E-state index contributed by atoms with van der Waals surface area (Å²) in [5.74, 6) is -0.326. The number of carbonyl (C=O) groups is 2. The van der Waals surface area contributed by atoms with Gasteiger partial charge in [-0.2, -0.15) is 0 Å². The molecule has 1 aliphatic heterocycles. The lowest BCUT2D eigenvalue weighted by molar-refractivity contribution is -0.125. The van der Waals surface area contributed by atoms with E-state index in [9.17, 15) is 9.59 Å². The third-order valence-electron chi connectivity index (χ3n) is 1.60. The number of urea groups is 1. The minimum absolute atomic E-state index is 0.0100. The molecule has 0 spiro atoms. The molecule has 1 fully saturated rings. The zero-order chi connectivity index (χ0) is 9.14. The topological polar surface area (TPSA) is 95.7 Å². The third kappa shape index (κ3) is 1.72. The summed E-state index contributed by atoms with van der Waals surface area (Å²) in [5.41, 5.74) is 5.12. The van der Waals surface area contributed by atoms with Gasteiger partial charge in [-0.05, 0) is 0 Å². The van der Waals surface area contributed by atoms with Gasteiger partial charge in [-0.1, -0.05) is 0 Å². The number of carbonyl (C=O) groups excluding carboxylic acids is 2. The van der Waals surface area contributed by atoms with Crippen molar-refractivity contribution >= 4 is 11.9 Å². The van der Waals surface area contributed by atoms with Gasteiger partial charge in [0.15, 0.2) is 0 Å². The Morgan fingerprint density at radius 2 is 2.33 bits per heavy atom. The maximum Gasteiger partial charge on any atom is 0.324 e. The fraction of sp³-hybridized carbons (Fsp3) is 0.667. The number of β-amino-alcohol motifs (C(OH)–C–C–N with tert-alkyl or cyclic N) is 1. The Labute approximate surface area is 69.3 Å². The van der Waals surface area contributed by atoms with E-state index in [2.05, 4.69) is 5.32 Å². The Morgan fingerprint density at radius 3 is 2.75 bits per heavy atom. The van der Waals surface area contributed by atoms with Gasteiger partial charge in [0.05, 0.1) is 19.2 Å². The molecule has 1 rings (SSSR count). The standard InChI is InChI=1S/C6H11N3O3/c7-1-4(10)3-9-5(11)2-8-6(9)12/h4,10H,1-3,7H2,(H,8,12)/t4-/m1/s1. The normalized spacial score (nSPS) is 19.7. The Bertz CT molecular complexity index is 190. The second-order valence-corrected chi connectivity index (χ2v) is 2.55. The molecule has 0 radical (unpaired) electrons. The summed E-state index contributed by atoms with van der Waals surface area (Å²) in [6.45, 7) is 0.0222. The molecule has 68 valence electrons. The molecule has 0 aromatic heterocycles. The van der Waals surface area contributed by atoms with Gasteiger partial charge in [0.2, 0.25) is 5.91 Å². The van der Waals surface area contributed by atoms with Gasteiger partial charge in [0, 0.05) is 6.54 Å². The molecule has 0 saturated carbocycles. The second kappa shape index (κ2) is 3.51. The van der Waals surface area contributed by atoms with Crippen molar-refractivity contribution in [2.24, 2.45) is 5.73 Å². The third-order valence-corrected chi connectivity index (χ3v) is 1.60. The summed E-state index contributed by atoms with van der Waals surface area (Å²) >= 11 is 0. The van der Waals surface area contributed by atoms with Gasteiger partial charge in [0.1, 0.15) is 0 Å². The van der Waals surface area contributed by atoms with Crippen LogP contribution in [0.3, 0.4) is 0 Å². The summed E-state index contributed by atoms with van der Waals surface area (Å²) < 4.78 is 0. The highest BCUT2D eigenvalue weighted by molar-refractivity contribution is 6.01. The van der Waals surface area contributed by atoms with Crippen LogP contribution in [-0.2, 0) is 4.79 Å². The summed E-state index contributed by atoms with van der Waals surface area (Å²) in [4.78, 5) is 22.8. The summed E-state index contributed by atoms with van der Waals surface area (Å²) in [5, 5.41) is 11.4. The molecular formula is C6H11N3O3. The highest BCUT2D eigenvalue weighted by Gasteiger charge is 2.29. The van der Waals surface area contributed by atoms with E-state index in [0.717, 1.165) is 4.90 Å². The highest BCUT2D eigenvalue weighted by atomic mass is 16.3. The molecule has 4 N–H and O–H groups in total. The first kappa shape index (κ1) is 8.95. The van der Waals surface area contributed by atoms with Crippen molar-refractivity contribution in [2.75, 3.05) is 19.6 Å². The Hall–Kier alpha value is -1.14. The van der Waals surface area contributed by atoms with E-state index in [1.165, 1.54) is 0 Å². The van der Waals surface area contributed by atoms with Gasteiger partial charge in [0.25, 0.3) is 0 Å². The zero-order valence-electron chi connectivity index (χ0n) is 6.49. The lowest BCUT2D eigenvalue weighted by Crippen LogP contribution is -2.40. The molecule has 1 saturated heterocycles. The van der Waals surface area contributed by atoms with Gasteiger partial charge < -0.3 is 16.2 Å². The first-order valence-corrected chi connectivity index (χ1v) is 3.61. The number of nitrogens with one attached hydrogen (secondary N) is 1. The lowest BCUT2D eigenvalue weighted by Gasteiger charge is -2.15. The highest BCUT2D eigenvalue weighted by Crippen LogP contribution is 1.99. The summed E-state index contributed by atoms with van der Waals surface area (Å²) in [6, 6.07) is -0.465. The first-order chi connectivity index (χ1) is 5.65. The van der Waals surface area contributed by atoms with Crippen LogP contribution in [0, 0.1) is 0 Å². The van der Waals surface area contributed by atoms with Crippen LogP contribution in [0.2, 0.25) is 0 Å². The number of rotatable bonds is 3. The molecule has 0 aromatic carbocycles. The number of nitrogens with two attached hydrogens (primary N) is 1. The van der Waals surface area contributed by atoms with Gasteiger partial charge in [-0.15, -0.1) is 0 Å². The van der Waals surface area contributed by atoms with E-state index in [1.54, 1.807) is 0 Å². The number of hydrogen-bond donors (Lipinski definition) is 3. The van der Waals surface area contributed by atoms with E-state index in [0.29, 0.717) is 0 Å². The molecule has 1 heterocycles. The van der Waals surface area contributed by atoms with Crippen LogP contribution >= 0.6 is 0 Å². The smallest absolute Gasteiger partial charge is 0.324 e. The summed E-state index contributed by atoms with van der Waals surface area (Å²) in [6.07, 6.45) is -0.835. The molecule has 12 heavy (non-hydrogen) atoms. The summed E-state index contributed by atoms with van der Waals surface area (Å²) in [7, 11) is 0. The maximum absolute atomic E-state index is 10.9. The lowest BCUT2D eigenvalue weighted by atomic mass is 10.3. The molecule has 0 aliphatic carbocycles. The molecular weight excluding hydrogens is 162 g/mol.